The van der Waals surface area contributed by atoms with Crippen molar-refractivity contribution in [3.63, 3.8) is 0 Å². The zero-order chi connectivity index (χ0) is 28.7. The van der Waals surface area contributed by atoms with E-state index >= 15 is 0 Å². The molecule has 6 nitrogen and oxygen atoms in total. The molecule has 15 heteroatoms. The summed E-state index contributed by atoms with van der Waals surface area (Å²) in [6.07, 6.45) is -12.2. The lowest BCUT2D eigenvalue weighted by Gasteiger charge is -2.27. The number of carbonyl (C=O) groups excluding carboxylic acids is 3. The van der Waals surface area contributed by atoms with Crippen LogP contribution in [0.15, 0.2) is 48.7 Å². The third-order valence-electron chi connectivity index (χ3n) is 5.23. The molecular weight excluding hydrogens is 537 g/mol. The van der Waals surface area contributed by atoms with Crippen LogP contribution in [0, 0.1) is 0 Å². The largest absolute Gasteiger partial charge is 0.458 e. The fraction of sp³-hybridized carbons (Fsp3) is 0.391. The number of carbonyl (C=O) groups is 3. The molecule has 1 fully saturated rings. The molecule has 0 saturated carbocycles. The molecule has 1 aromatic carbocycles. The Morgan fingerprint density at radius 1 is 0.868 bits per heavy atom. The number of halogens is 9. The van der Waals surface area contributed by atoms with Crippen molar-refractivity contribution in [3.8, 4) is 0 Å². The second-order valence-electron chi connectivity index (χ2n) is 7.99. The van der Waals surface area contributed by atoms with Crippen LogP contribution in [0.3, 0.4) is 0 Å². The molecule has 2 aromatic rings. The average Bonchev–Trinajstić information content (AvgIpc) is 3.30. The smallest absolute Gasteiger partial charge is 0.367 e. The molecule has 1 N–H and O–H groups in total. The van der Waals surface area contributed by atoms with Gasteiger partial charge in [-0.25, -0.2) is 0 Å². The lowest BCUT2D eigenvalue weighted by atomic mass is 10.1. The van der Waals surface area contributed by atoms with E-state index in [0.717, 1.165) is 37.2 Å². The van der Waals surface area contributed by atoms with E-state index in [1.165, 1.54) is 12.1 Å². The van der Waals surface area contributed by atoms with E-state index in [-0.39, 0.29) is 18.4 Å². The van der Waals surface area contributed by atoms with Gasteiger partial charge in [-0.3, -0.25) is 19.4 Å². The third kappa shape index (κ3) is 9.03. The fourth-order valence-corrected chi connectivity index (χ4v) is 3.45. The van der Waals surface area contributed by atoms with Gasteiger partial charge in [0.15, 0.2) is 0 Å². The van der Waals surface area contributed by atoms with E-state index < -0.39 is 35.7 Å². The number of alkyl halides is 9. The molecule has 1 aromatic heterocycles. The Morgan fingerprint density at radius 2 is 1.45 bits per heavy atom. The molecule has 0 bridgehead atoms. The Kier molecular flexibility index (Phi) is 9.87. The molecule has 0 radical (unpaired) electrons. The van der Waals surface area contributed by atoms with Crippen LogP contribution in [-0.2, 0) is 27.0 Å². The lowest BCUT2D eigenvalue weighted by Crippen LogP contribution is -2.40. The molecule has 1 atom stereocenters. The molecule has 208 valence electrons. The highest BCUT2D eigenvalue weighted by Gasteiger charge is 2.54. The number of rotatable bonds is 6. The van der Waals surface area contributed by atoms with E-state index in [2.05, 4.69) is 15.2 Å². The Hall–Kier alpha value is -3.65. The van der Waals surface area contributed by atoms with Crippen molar-refractivity contribution in [3.05, 3.63) is 59.9 Å². The summed E-state index contributed by atoms with van der Waals surface area (Å²) >= 11 is 0. The number of amides is 1. The zero-order valence-corrected chi connectivity index (χ0v) is 19.3. The second kappa shape index (κ2) is 12.3. The Labute approximate surface area is 209 Å². The summed E-state index contributed by atoms with van der Waals surface area (Å²) in [5, 5.41) is 2.91. The summed E-state index contributed by atoms with van der Waals surface area (Å²) < 4.78 is 105. The highest BCUT2D eigenvalue weighted by molar-refractivity contribution is 6.41. The first-order valence-corrected chi connectivity index (χ1v) is 10.8. The van der Waals surface area contributed by atoms with Crippen molar-refractivity contribution in [2.45, 2.75) is 43.8 Å². The Bertz CT molecular complexity index is 1080. The highest BCUT2D eigenvalue weighted by atomic mass is 19.4. The van der Waals surface area contributed by atoms with Crippen LogP contribution in [-0.4, -0.2) is 53.9 Å². The number of nitrogens with one attached hydrogen (secondary N) is 1. The Morgan fingerprint density at radius 3 is 1.92 bits per heavy atom. The number of hydrogen-bond acceptors (Lipinski definition) is 5. The number of aromatic nitrogens is 1. The standard InChI is InChI=1S/C19H20F3N3O.C4F6O2/c20-19(21,22)14-6-8-16(9-7-14)25-11-3-5-17(25)13-24-18(26)12-15-4-1-2-10-23-15;5-3(6,7)1(11)2(12)4(8,9)10/h1-2,4,6-10,17H,3,5,11-13H2,(H,24,26);/t17-;/m1./s1. The molecular formula is C23H20F9N3O3. The highest BCUT2D eigenvalue weighted by Crippen LogP contribution is 2.32. The minimum Gasteiger partial charge on any atom is -0.367 e. The topological polar surface area (TPSA) is 79.4 Å². The lowest BCUT2D eigenvalue weighted by molar-refractivity contribution is -0.193. The molecule has 0 unspecified atom stereocenters. The van der Waals surface area contributed by atoms with Crippen molar-refractivity contribution in [2.24, 2.45) is 0 Å². The van der Waals surface area contributed by atoms with Gasteiger partial charge in [0.25, 0.3) is 0 Å². The quantitative estimate of drug-likeness (QED) is 0.413. The molecule has 0 spiro atoms. The van der Waals surface area contributed by atoms with Crippen LogP contribution in [0.2, 0.25) is 0 Å². The Balaban J connectivity index is 0.000000358. The molecule has 1 amide bonds. The summed E-state index contributed by atoms with van der Waals surface area (Å²) in [7, 11) is 0. The van der Waals surface area contributed by atoms with Crippen molar-refractivity contribution >= 4 is 23.2 Å². The van der Waals surface area contributed by atoms with Crippen LogP contribution >= 0.6 is 0 Å². The second-order valence-corrected chi connectivity index (χ2v) is 7.99. The van der Waals surface area contributed by atoms with Crippen molar-refractivity contribution in [2.75, 3.05) is 18.0 Å². The van der Waals surface area contributed by atoms with Gasteiger partial charge in [-0.05, 0) is 49.2 Å². The number of anilines is 1. The van der Waals surface area contributed by atoms with E-state index in [1.807, 2.05) is 6.07 Å². The monoisotopic (exact) mass is 557 g/mol. The maximum absolute atomic E-state index is 12.7. The minimum atomic E-state index is -5.77. The van der Waals surface area contributed by atoms with Crippen molar-refractivity contribution in [1.82, 2.24) is 10.3 Å². The van der Waals surface area contributed by atoms with E-state index in [0.29, 0.717) is 12.2 Å². The molecule has 3 rings (SSSR count). The third-order valence-corrected chi connectivity index (χ3v) is 5.23. The first kappa shape index (κ1) is 30.6. The van der Waals surface area contributed by atoms with Crippen LogP contribution in [0.4, 0.5) is 45.2 Å². The normalized spacial score (nSPS) is 15.9. The molecule has 1 aliphatic rings. The number of hydrogen-bond donors (Lipinski definition) is 1. The van der Waals surface area contributed by atoms with E-state index in [9.17, 15) is 53.9 Å². The number of ketones is 2. The van der Waals surface area contributed by atoms with Crippen LogP contribution in [0.25, 0.3) is 0 Å². The van der Waals surface area contributed by atoms with Gasteiger partial charge in [0.1, 0.15) is 0 Å². The summed E-state index contributed by atoms with van der Waals surface area (Å²) in [6, 6.07) is 10.7. The number of benzene rings is 1. The SMILES string of the molecule is O=C(C(=O)C(F)(F)F)C(F)(F)F.O=C(Cc1ccccn1)NC[C@H]1CCCN1c1ccc(C(F)(F)F)cc1. The van der Waals surface area contributed by atoms with Gasteiger partial charge >= 0.3 is 30.1 Å². The summed E-state index contributed by atoms with van der Waals surface area (Å²) in [5.41, 5.74) is 0.802. The summed E-state index contributed by atoms with van der Waals surface area (Å²) in [4.78, 5) is 37.5. The van der Waals surface area contributed by atoms with Crippen LogP contribution in [0.1, 0.15) is 24.1 Å². The van der Waals surface area contributed by atoms with E-state index in [1.54, 1.807) is 18.3 Å². The minimum absolute atomic E-state index is 0.0828. The summed E-state index contributed by atoms with van der Waals surface area (Å²) in [6.45, 7) is 1.23. The molecule has 38 heavy (non-hydrogen) atoms. The fourth-order valence-electron chi connectivity index (χ4n) is 3.45. The predicted octanol–water partition coefficient (Wildman–Crippen LogP) is 4.68. The summed E-state index contributed by atoms with van der Waals surface area (Å²) in [5.74, 6) is -6.92. The van der Waals surface area contributed by atoms with Gasteiger partial charge < -0.3 is 10.2 Å². The van der Waals surface area contributed by atoms with Gasteiger partial charge in [0, 0.05) is 36.7 Å². The molecule has 1 aliphatic heterocycles. The number of nitrogens with zero attached hydrogens (tertiary/aromatic N) is 2. The molecule has 0 aliphatic carbocycles. The van der Waals surface area contributed by atoms with Gasteiger partial charge in [0.05, 0.1) is 12.0 Å². The van der Waals surface area contributed by atoms with Gasteiger partial charge in [-0.15, -0.1) is 0 Å². The number of Topliss-reactive ketones (excluding diaryl/α,β-unsaturated/α-hetero) is 2. The first-order chi connectivity index (χ1) is 17.5. The van der Waals surface area contributed by atoms with Gasteiger partial charge in [-0.1, -0.05) is 6.07 Å². The van der Waals surface area contributed by atoms with E-state index in [4.69, 9.17) is 0 Å². The van der Waals surface area contributed by atoms with Crippen LogP contribution in [0.5, 0.6) is 0 Å². The van der Waals surface area contributed by atoms with Crippen molar-refractivity contribution < 1.29 is 53.9 Å². The predicted molar refractivity (Wildman–Crippen MR) is 115 cm³/mol. The molecule has 1 saturated heterocycles. The van der Waals surface area contributed by atoms with Gasteiger partial charge in [-0.2, -0.15) is 39.5 Å². The van der Waals surface area contributed by atoms with Crippen molar-refractivity contribution in [1.29, 1.82) is 0 Å². The first-order valence-electron chi connectivity index (χ1n) is 10.8. The maximum atomic E-state index is 12.7. The van der Waals surface area contributed by atoms with Crippen LogP contribution < -0.4 is 10.2 Å². The van der Waals surface area contributed by atoms with Gasteiger partial charge in [0.2, 0.25) is 5.91 Å². The number of pyridine rings is 1. The maximum Gasteiger partial charge on any atom is 0.458 e. The average molecular weight is 557 g/mol. The zero-order valence-electron chi connectivity index (χ0n) is 19.3. The molecule has 2 heterocycles.